The van der Waals surface area contributed by atoms with Gasteiger partial charge in [-0.15, -0.1) is 0 Å². The molecule has 3 aromatic rings. The van der Waals surface area contributed by atoms with Gasteiger partial charge in [0, 0.05) is 12.8 Å². The number of halogens is 1. The fourth-order valence-electron chi connectivity index (χ4n) is 3.35. The molecule has 0 bridgehead atoms. The normalized spacial score (nSPS) is 12.2. The van der Waals surface area contributed by atoms with Crippen LogP contribution in [0.2, 0.25) is 0 Å². The van der Waals surface area contributed by atoms with Crippen LogP contribution in [0.3, 0.4) is 0 Å². The lowest BCUT2D eigenvalue weighted by Gasteiger charge is -2.12. The average molecular weight is 402 g/mol. The van der Waals surface area contributed by atoms with Crippen molar-refractivity contribution in [1.82, 2.24) is 0 Å². The molecule has 5 heteroatoms. The molecule has 0 amide bonds. The number of carboxylic acids is 1. The van der Waals surface area contributed by atoms with Crippen molar-refractivity contribution >= 4 is 17.5 Å². The number of carboxylic acid groups (broad SMARTS) is 1. The maximum absolute atomic E-state index is 14.4. The largest absolute Gasteiger partial charge is 0.478 e. The van der Waals surface area contributed by atoms with Crippen molar-refractivity contribution in [2.75, 3.05) is 7.05 Å². The summed E-state index contributed by atoms with van der Waals surface area (Å²) in [7, 11) is 1.53. The van der Waals surface area contributed by atoms with Gasteiger partial charge in [0.05, 0.1) is 11.1 Å². The molecule has 3 rings (SSSR count). The van der Waals surface area contributed by atoms with E-state index in [1.165, 1.54) is 30.3 Å². The molecule has 0 heterocycles. The SMILES string of the molecule is C/N=C(\N=C(/C)c1ccc(-c2ccccc2C)c(C)c1)c1ccc(C(=O)O)cc1F. The van der Waals surface area contributed by atoms with E-state index in [0.29, 0.717) is 5.71 Å². The number of hydrogen-bond donors (Lipinski definition) is 1. The summed E-state index contributed by atoms with van der Waals surface area (Å²) in [6.07, 6.45) is 0. The molecule has 0 aliphatic carbocycles. The van der Waals surface area contributed by atoms with E-state index in [9.17, 15) is 9.18 Å². The summed E-state index contributed by atoms with van der Waals surface area (Å²) in [5.41, 5.74) is 6.31. The number of aliphatic imine (C=N–C) groups is 2. The Morgan fingerprint density at radius 1 is 0.900 bits per heavy atom. The monoisotopic (exact) mass is 402 g/mol. The first kappa shape index (κ1) is 21.1. The fourth-order valence-corrected chi connectivity index (χ4v) is 3.35. The average Bonchev–Trinajstić information content (AvgIpc) is 2.72. The van der Waals surface area contributed by atoms with E-state index in [1.807, 2.05) is 25.1 Å². The van der Waals surface area contributed by atoms with Gasteiger partial charge in [-0.3, -0.25) is 4.99 Å². The number of aromatic carboxylic acids is 1. The Balaban J connectivity index is 1.95. The van der Waals surface area contributed by atoms with Crippen molar-refractivity contribution in [2.24, 2.45) is 9.98 Å². The number of benzene rings is 3. The van der Waals surface area contributed by atoms with Crippen LogP contribution in [0, 0.1) is 19.7 Å². The van der Waals surface area contributed by atoms with Gasteiger partial charge in [0.2, 0.25) is 0 Å². The molecule has 0 aliphatic heterocycles. The fraction of sp³-hybridized carbons (Fsp3) is 0.160. The molecule has 0 aliphatic rings. The summed E-state index contributed by atoms with van der Waals surface area (Å²) in [5, 5.41) is 9.01. The first-order valence-electron chi connectivity index (χ1n) is 9.54. The Bertz CT molecular complexity index is 1180. The molecule has 152 valence electrons. The molecule has 0 radical (unpaired) electrons. The van der Waals surface area contributed by atoms with E-state index >= 15 is 0 Å². The van der Waals surface area contributed by atoms with Crippen LogP contribution in [-0.2, 0) is 0 Å². The highest BCUT2D eigenvalue weighted by atomic mass is 19.1. The second kappa shape index (κ2) is 8.82. The van der Waals surface area contributed by atoms with Gasteiger partial charge >= 0.3 is 5.97 Å². The molecule has 0 saturated heterocycles. The van der Waals surface area contributed by atoms with Crippen LogP contribution in [0.1, 0.15) is 39.5 Å². The van der Waals surface area contributed by atoms with Crippen LogP contribution >= 0.6 is 0 Å². The van der Waals surface area contributed by atoms with Crippen LogP contribution in [-0.4, -0.2) is 29.7 Å². The van der Waals surface area contributed by atoms with Crippen molar-refractivity contribution < 1.29 is 14.3 Å². The quantitative estimate of drug-likeness (QED) is 0.450. The Kier molecular flexibility index (Phi) is 6.21. The highest BCUT2D eigenvalue weighted by molar-refractivity contribution is 6.12. The van der Waals surface area contributed by atoms with Crippen molar-refractivity contribution in [1.29, 1.82) is 0 Å². The minimum Gasteiger partial charge on any atom is -0.478 e. The van der Waals surface area contributed by atoms with Crippen molar-refractivity contribution in [3.63, 3.8) is 0 Å². The third kappa shape index (κ3) is 4.35. The molecule has 0 aromatic heterocycles. The summed E-state index contributed by atoms with van der Waals surface area (Å²) in [5.74, 6) is -1.64. The van der Waals surface area contributed by atoms with Crippen molar-refractivity contribution in [2.45, 2.75) is 20.8 Å². The zero-order chi connectivity index (χ0) is 21.8. The van der Waals surface area contributed by atoms with Gasteiger partial charge in [0.1, 0.15) is 5.82 Å². The summed E-state index contributed by atoms with van der Waals surface area (Å²) in [4.78, 5) is 19.6. The van der Waals surface area contributed by atoms with E-state index in [4.69, 9.17) is 5.11 Å². The topological polar surface area (TPSA) is 62.0 Å². The van der Waals surface area contributed by atoms with Crippen LogP contribution in [0.15, 0.2) is 70.6 Å². The second-order valence-electron chi connectivity index (χ2n) is 7.09. The Hall–Kier alpha value is -3.60. The molecule has 1 N–H and O–H groups in total. The van der Waals surface area contributed by atoms with Gasteiger partial charge in [0.15, 0.2) is 5.84 Å². The van der Waals surface area contributed by atoms with Crippen LogP contribution in [0.4, 0.5) is 4.39 Å². The summed E-state index contributed by atoms with van der Waals surface area (Å²) >= 11 is 0. The van der Waals surface area contributed by atoms with E-state index in [1.54, 1.807) is 0 Å². The molecule has 0 saturated carbocycles. The zero-order valence-corrected chi connectivity index (χ0v) is 17.4. The Morgan fingerprint density at radius 3 is 2.17 bits per heavy atom. The molecular weight excluding hydrogens is 379 g/mol. The molecule has 30 heavy (non-hydrogen) atoms. The standard InChI is InChI=1S/C25H23FN2O2/c1-15-7-5-6-8-20(15)21-11-9-18(13-16(21)2)17(3)28-24(27-4)22-12-10-19(25(29)30)14-23(22)26/h5-14H,1-4H3,(H,29,30)/b27-24-,28-17+. The predicted molar refractivity (Wildman–Crippen MR) is 119 cm³/mol. The predicted octanol–water partition coefficient (Wildman–Crippen LogP) is 5.69. The third-order valence-corrected chi connectivity index (χ3v) is 5.02. The second-order valence-corrected chi connectivity index (χ2v) is 7.09. The number of nitrogens with zero attached hydrogens (tertiary/aromatic N) is 2. The van der Waals surface area contributed by atoms with Crippen molar-refractivity contribution in [3.8, 4) is 11.1 Å². The number of hydrogen-bond acceptors (Lipinski definition) is 2. The van der Waals surface area contributed by atoms with Gasteiger partial charge in [-0.1, -0.05) is 36.4 Å². The number of aryl methyl sites for hydroxylation is 2. The Labute approximate surface area is 175 Å². The van der Waals surface area contributed by atoms with Gasteiger partial charge in [-0.2, -0.15) is 0 Å². The van der Waals surface area contributed by atoms with E-state index in [-0.39, 0.29) is 17.0 Å². The number of carbonyl (C=O) groups is 1. The molecule has 0 fully saturated rings. The summed E-state index contributed by atoms with van der Waals surface area (Å²) in [6.45, 7) is 5.98. The van der Waals surface area contributed by atoms with E-state index in [0.717, 1.165) is 22.8 Å². The minimum atomic E-state index is -1.18. The molecule has 4 nitrogen and oxygen atoms in total. The number of rotatable bonds is 4. The highest BCUT2D eigenvalue weighted by Crippen LogP contribution is 2.27. The summed E-state index contributed by atoms with van der Waals surface area (Å²) in [6, 6.07) is 18.1. The lowest BCUT2D eigenvalue weighted by atomic mass is 9.94. The lowest BCUT2D eigenvalue weighted by molar-refractivity contribution is 0.0696. The molecule has 3 aromatic carbocycles. The highest BCUT2D eigenvalue weighted by Gasteiger charge is 2.13. The molecular formula is C25H23FN2O2. The van der Waals surface area contributed by atoms with Crippen LogP contribution < -0.4 is 0 Å². The third-order valence-electron chi connectivity index (χ3n) is 5.02. The molecule has 0 atom stereocenters. The smallest absolute Gasteiger partial charge is 0.335 e. The van der Waals surface area contributed by atoms with Gasteiger partial charge in [0.25, 0.3) is 0 Å². The maximum Gasteiger partial charge on any atom is 0.335 e. The molecule has 0 unspecified atom stereocenters. The van der Waals surface area contributed by atoms with Gasteiger partial charge < -0.3 is 5.11 Å². The van der Waals surface area contributed by atoms with Crippen LogP contribution in [0.5, 0.6) is 0 Å². The summed E-state index contributed by atoms with van der Waals surface area (Å²) < 4.78 is 14.4. The lowest BCUT2D eigenvalue weighted by Crippen LogP contribution is -2.07. The first-order valence-corrected chi connectivity index (χ1v) is 9.54. The van der Waals surface area contributed by atoms with E-state index in [2.05, 4.69) is 48.1 Å². The van der Waals surface area contributed by atoms with Gasteiger partial charge in [-0.05, 0) is 72.9 Å². The first-order chi connectivity index (χ1) is 14.3. The molecule has 0 spiro atoms. The van der Waals surface area contributed by atoms with E-state index < -0.39 is 11.8 Å². The number of amidine groups is 1. The minimum absolute atomic E-state index is 0.116. The zero-order valence-electron chi connectivity index (χ0n) is 17.4. The van der Waals surface area contributed by atoms with Crippen LogP contribution in [0.25, 0.3) is 11.1 Å². The Morgan fingerprint density at radius 2 is 1.57 bits per heavy atom. The van der Waals surface area contributed by atoms with Gasteiger partial charge in [-0.25, -0.2) is 14.2 Å². The van der Waals surface area contributed by atoms with Crippen molar-refractivity contribution in [3.05, 3.63) is 94.3 Å². The maximum atomic E-state index is 14.4.